The maximum absolute atomic E-state index is 13.9. The first-order valence-corrected chi connectivity index (χ1v) is 8.40. The number of hydrogen-bond acceptors (Lipinski definition) is 0. The molecule has 176 valence electrons. The summed E-state index contributed by atoms with van der Waals surface area (Å²) in [6.07, 6.45) is -22.5. The predicted octanol–water partition coefficient (Wildman–Crippen LogP) is 7.86. The number of rotatable bonds is 3. The summed E-state index contributed by atoms with van der Waals surface area (Å²) in [5, 5.41) is 0. The Hall–Kier alpha value is -1.35. The van der Waals surface area contributed by atoms with E-state index in [-0.39, 0.29) is 0 Å². The molecule has 1 atom stereocenters. The van der Waals surface area contributed by atoms with E-state index in [9.17, 15) is 79.0 Å². The van der Waals surface area contributed by atoms with Gasteiger partial charge in [-0.15, -0.1) is 0 Å². The van der Waals surface area contributed by atoms with E-state index in [1.54, 1.807) is 0 Å². The first-order chi connectivity index (χ1) is 12.8. The molecule has 0 aliphatic carbocycles. The third-order valence-electron chi connectivity index (χ3n) is 3.65. The van der Waals surface area contributed by atoms with Crippen LogP contribution in [0.2, 0.25) is 0 Å². The summed E-state index contributed by atoms with van der Waals surface area (Å²) < 4.78 is 235. The highest BCUT2D eigenvalue weighted by molar-refractivity contribution is 7.81. The number of halogens is 18. The molecule has 0 aromatic rings. The quantitative estimate of drug-likeness (QED) is 0.270. The lowest BCUT2D eigenvalue weighted by atomic mass is 10.1. The summed E-state index contributed by atoms with van der Waals surface area (Å²) in [5.41, 5.74) is -19.6. The molecule has 30 heavy (non-hydrogen) atoms. The summed E-state index contributed by atoms with van der Waals surface area (Å²) in [6.45, 7) is 0. The summed E-state index contributed by atoms with van der Waals surface area (Å²) in [7, 11) is -8.84. The molecule has 0 spiro atoms. The van der Waals surface area contributed by atoms with Gasteiger partial charge in [0, 0.05) is 0 Å². The Morgan fingerprint density at radius 1 is 0.600 bits per heavy atom. The van der Waals surface area contributed by atoms with Crippen molar-refractivity contribution in [3.05, 3.63) is 23.0 Å². The van der Waals surface area contributed by atoms with Gasteiger partial charge in [-0.3, -0.25) is 0 Å². The third kappa shape index (κ3) is 3.32. The zero-order valence-corrected chi connectivity index (χ0v) is 13.8. The highest BCUT2D eigenvalue weighted by Gasteiger charge is 2.95. The molecule has 1 aliphatic rings. The van der Waals surface area contributed by atoms with Crippen LogP contribution >= 0.6 is 7.26 Å². The van der Waals surface area contributed by atoms with Gasteiger partial charge in [-0.1, -0.05) is 0 Å². The summed E-state index contributed by atoms with van der Waals surface area (Å²) in [6, 6.07) is 0. The van der Waals surface area contributed by atoms with Crippen LogP contribution in [-0.4, -0.2) is 41.7 Å². The highest BCUT2D eigenvalue weighted by Crippen LogP contribution is 2.90. The topological polar surface area (TPSA) is 0 Å². The van der Waals surface area contributed by atoms with Gasteiger partial charge in [0.05, 0.1) is 5.82 Å². The maximum Gasteiger partial charge on any atom is 0.494 e. The molecule has 19 heteroatoms. The highest BCUT2D eigenvalue weighted by atomic mass is 31.2. The van der Waals surface area contributed by atoms with Gasteiger partial charge in [-0.2, -0.15) is 70.2 Å². The van der Waals surface area contributed by atoms with Gasteiger partial charge in [0.2, 0.25) is 13.1 Å². The first-order valence-electron chi connectivity index (χ1n) is 6.47. The summed E-state index contributed by atoms with van der Waals surface area (Å²) >= 11 is 0. The van der Waals surface area contributed by atoms with Crippen molar-refractivity contribution in [2.24, 2.45) is 0 Å². The van der Waals surface area contributed by atoms with E-state index >= 15 is 0 Å². The van der Waals surface area contributed by atoms with E-state index in [1.165, 1.54) is 0 Å². The molecule has 0 N–H and O–H groups in total. The normalized spacial score (nSPS) is 22.3. The lowest BCUT2D eigenvalue weighted by Crippen LogP contribution is -2.53. The molecule has 0 radical (unpaired) electrons. The average Bonchev–Trinajstić information content (AvgIpc) is 2.49. The van der Waals surface area contributed by atoms with Crippen molar-refractivity contribution in [2.75, 3.05) is 0 Å². The van der Waals surface area contributed by atoms with Gasteiger partial charge in [-0.25, -0.2) is 8.78 Å². The fraction of sp³-hybridized carbons (Fsp3) is 0.636. The SMILES string of the molecule is FC1=C(F)C(F)[P+](C(F)(F)C(F)(F)F)(C(F)(F)C(F)(F)F)C=C1C(F)(F)C(F)(F)F. The second-order valence-corrected chi connectivity index (χ2v) is 8.86. The largest absolute Gasteiger partial charge is 0.494 e. The second kappa shape index (κ2) is 6.82. The van der Waals surface area contributed by atoms with E-state index in [1.807, 2.05) is 0 Å². The van der Waals surface area contributed by atoms with Crippen molar-refractivity contribution in [3.63, 3.8) is 0 Å². The lowest BCUT2D eigenvalue weighted by molar-refractivity contribution is -0.267. The zero-order chi connectivity index (χ0) is 24.5. The van der Waals surface area contributed by atoms with Crippen molar-refractivity contribution in [1.82, 2.24) is 0 Å². The van der Waals surface area contributed by atoms with Crippen LogP contribution in [0.3, 0.4) is 0 Å². The Kier molecular flexibility index (Phi) is 6.07. The molecule has 0 nitrogen and oxygen atoms in total. The molecule has 0 saturated heterocycles. The van der Waals surface area contributed by atoms with Crippen LogP contribution in [0.5, 0.6) is 0 Å². The van der Waals surface area contributed by atoms with E-state index in [0.717, 1.165) is 0 Å². The minimum Gasteiger partial charge on any atom is -0.203 e. The van der Waals surface area contributed by atoms with Gasteiger partial charge >= 0.3 is 35.8 Å². The van der Waals surface area contributed by atoms with Crippen molar-refractivity contribution in [2.45, 2.75) is 41.7 Å². The van der Waals surface area contributed by atoms with Crippen LogP contribution in [0.25, 0.3) is 0 Å². The fourth-order valence-corrected chi connectivity index (χ4v) is 5.52. The zero-order valence-electron chi connectivity index (χ0n) is 12.9. The van der Waals surface area contributed by atoms with Crippen LogP contribution in [0.4, 0.5) is 79.0 Å². The van der Waals surface area contributed by atoms with Crippen LogP contribution < -0.4 is 0 Å². The molecule has 0 aromatic carbocycles. The van der Waals surface area contributed by atoms with Gasteiger partial charge in [-0.05, 0) is 0 Å². The lowest BCUT2D eigenvalue weighted by Gasteiger charge is -2.40. The van der Waals surface area contributed by atoms with Gasteiger partial charge in [0.1, 0.15) is 5.57 Å². The van der Waals surface area contributed by atoms with Gasteiger partial charge in [0.15, 0.2) is 5.83 Å². The smallest absolute Gasteiger partial charge is 0.203 e. The van der Waals surface area contributed by atoms with Crippen molar-refractivity contribution in [3.8, 4) is 0 Å². The molecular formula is C11H2F18P+. The van der Waals surface area contributed by atoms with Crippen LogP contribution in [0.15, 0.2) is 23.0 Å². The van der Waals surface area contributed by atoms with E-state index < -0.39 is 72.0 Å². The molecule has 0 bridgehead atoms. The monoisotopic (exact) mass is 507 g/mol. The molecule has 1 rings (SSSR count). The second-order valence-electron chi connectivity index (χ2n) is 5.47. The molecule has 1 aliphatic heterocycles. The van der Waals surface area contributed by atoms with E-state index in [4.69, 9.17) is 0 Å². The van der Waals surface area contributed by atoms with Crippen LogP contribution in [-0.2, 0) is 0 Å². The Labute approximate surface area is 152 Å². The van der Waals surface area contributed by atoms with Crippen LogP contribution in [0, 0.1) is 0 Å². The minimum absolute atomic E-state index is 2.50. The standard InChI is InChI=1S/C11H2F18P/c12-3-2(6(15,16)7(17,18)19)1-30(5(14)4(3)13,10(26,27)8(20,21)22)11(28,29)9(23,24)25/h1,5H/q+1. The Balaban J connectivity index is 4.28. The molecule has 1 unspecified atom stereocenters. The fourth-order valence-electron chi connectivity index (χ4n) is 2.15. The Morgan fingerprint density at radius 3 is 1.20 bits per heavy atom. The van der Waals surface area contributed by atoms with E-state index in [0.29, 0.717) is 0 Å². The summed E-state index contributed by atoms with van der Waals surface area (Å²) in [4.78, 5) is 0. The third-order valence-corrected chi connectivity index (χ3v) is 7.62. The van der Waals surface area contributed by atoms with Crippen LogP contribution in [0.1, 0.15) is 0 Å². The average molecular weight is 507 g/mol. The molecule has 0 saturated carbocycles. The van der Waals surface area contributed by atoms with Crippen molar-refractivity contribution < 1.29 is 79.0 Å². The van der Waals surface area contributed by atoms with Gasteiger partial charge < -0.3 is 0 Å². The molecule has 0 amide bonds. The Bertz CT molecular complexity index is 720. The minimum atomic E-state index is -8.84. The molecule has 0 aromatic heterocycles. The Morgan fingerprint density at radius 2 is 0.933 bits per heavy atom. The summed E-state index contributed by atoms with van der Waals surface area (Å²) in [5.74, 6) is -23.2. The number of hydrogen-bond donors (Lipinski definition) is 0. The number of alkyl halides is 16. The first kappa shape index (κ1) is 26.7. The maximum atomic E-state index is 13.9. The molecule has 1 heterocycles. The molecule has 0 fully saturated rings. The van der Waals surface area contributed by atoms with Crippen molar-refractivity contribution >= 4 is 7.26 Å². The number of allylic oxidation sites excluding steroid dienone is 3. The molecular weight excluding hydrogens is 505 g/mol. The van der Waals surface area contributed by atoms with Gasteiger partial charge in [0.25, 0.3) is 5.91 Å². The van der Waals surface area contributed by atoms with E-state index in [2.05, 4.69) is 0 Å². The predicted molar refractivity (Wildman–Crippen MR) is 62.1 cm³/mol. The van der Waals surface area contributed by atoms with Crippen molar-refractivity contribution in [1.29, 1.82) is 0 Å².